The lowest BCUT2D eigenvalue weighted by molar-refractivity contribution is 0.567. The summed E-state index contributed by atoms with van der Waals surface area (Å²) >= 11 is 3.30. The van der Waals surface area contributed by atoms with Crippen LogP contribution >= 0.6 is 15.9 Å². The summed E-state index contributed by atoms with van der Waals surface area (Å²) in [6.45, 7) is 5.00. The summed E-state index contributed by atoms with van der Waals surface area (Å²) in [5.74, 6) is -0.845. The zero-order valence-corrected chi connectivity index (χ0v) is 13.7. The number of halogens is 3. The topological polar surface area (TPSA) is 12.0 Å². The van der Waals surface area contributed by atoms with Gasteiger partial charge in [-0.05, 0) is 55.8 Å². The molecule has 0 bridgehead atoms. The van der Waals surface area contributed by atoms with Crippen molar-refractivity contribution in [2.45, 2.75) is 26.3 Å². The Morgan fingerprint density at radius 2 is 1.67 bits per heavy atom. The van der Waals surface area contributed by atoms with Gasteiger partial charge in [0.25, 0.3) is 0 Å². The first-order chi connectivity index (χ1) is 10.0. The number of benzene rings is 2. The van der Waals surface area contributed by atoms with Crippen LogP contribution in [-0.4, -0.2) is 6.54 Å². The van der Waals surface area contributed by atoms with Crippen molar-refractivity contribution >= 4 is 15.9 Å². The van der Waals surface area contributed by atoms with E-state index in [0.717, 1.165) is 23.0 Å². The number of hydrogen-bond acceptors (Lipinski definition) is 1. The van der Waals surface area contributed by atoms with Gasteiger partial charge < -0.3 is 5.32 Å². The van der Waals surface area contributed by atoms with E-state index < -0.39 is 11.6 Å². The minimum Gasteiger partial charge on any atom is -0.310 e. The maximum Gasteiger partial charge on any atom is 0.131 e. The van der Waals surface area contributed by atoms with Gasteiger partial charge in [-0.2, -0.15) is 0 Å². The fourth-order valence-corrected chi connectivity index (χ4v) is 2.56. The molecule has 0 spiro atoms. The number of rotatable bonds is 5. The molecule has 0 aliphatic heterocycles. The Hall–Kier alpha value is -1.26. The average Bonchev–Trinajstić information content (AvgIpc) is 2.48. The molecular weight excluding hydrogens is 336 g/mol. The maximum absolute atomic E-state index is 14.1. The van der Waals surface area contributed by atoms with E-state index in [4.69, 9.17) is 0 Å². The van der Waals surface area contributed by atoms with Crippen molar-refractivity contribution in [2.24, 2.45) is 0 Å². The highest BCUT2D eigenvalue weighted by Gasteiger charge is 2.13. The van der Waals surface area contributed by atoms with Gasteiger partial charge in [-0.1, -0.05) is 28.9 Å². The molecule has 21 heavy (non-hydrogen) atoms. The van der Waals surface area contributed by atoms with Crippen LogP contribution in [0.4, 0.5) is 8.78 Å². The fraction of sp³-hybridized carbons (Fsp3) is 0.294. The van der Waals surface area contributed by atoms with Crippen LogP contribution in [0.15, 0.2) is 40.9 Å². The number of nitrogens with one attached hydrogen (secondary N) is 1. The Balaban J connectivity index is 2.41. The molecule has 2 rings (SSSR count). The van der Waals surface area contributed by atoms with E-state index in [0.29, 0.717) is 0 Å². The van der Waals surface area contributed by atoms with E-state index in [-0.39, 0.29) is 17.2 Å². The standard InChI is InChI=1S/C17H18BrF2N/c1-3-8-21-11(2)12-4-6-16(19)14(9-12)15-10-13(18)5-7-17(15)20/h4-7,9-11,21H,3,8H2,1-2H3. The third-order valence-corrected chi connectivity index (χ3v) is 3.90. The lowest BCUT2D eigenvalue weighted by Gasteiger charge is -2.15. The normalized spacial score (nSPS) is 12.4. The van der Waals surface area contributed by atoms with Crippen LogP contribution in [0.3, 0.4) is 0 Å². The minimum absolute atomic E-state index is 0.0968. The molecule has 0 saturated carbocycles. The lowest BCUT2D eigenvalue weighted by atomic mass is 9.99. The van der Waals surface area contributed by atoms with Crippen molar-refractivity contribution in [1.29, 1.82) is 0 Å². The van der Waals surface area contributed by atoms with Gasteiger partial charge >= 0.3 is 0 Å². The largest absolute Gasteiger partial charge is 0.310 e. The molecule has 0 fully saturated rings. The molecule has 0 heterocycles. The Morgan fingerprint density at radius 3 is 2.33 bits per heavy atom. The van der Waals surface area contributed by atoms with Gasteiger partial charge in [-0.25, -0.2) is 8.78 Å². The molecule has 1 atom stereocenters. The summed E-state index contributed by atoms with van der Waals surface area (Å²) in [7, 11) is 0. The summed E-state index contributed by atoms with van der Waals surface area (Å²) in [5, 5.41) is 3.35. The van der Waals surface area contributed by atoms with Gasteiger partial charge in [-0.3, -0.25) is 0 Å². The molecule has 4 heteroatoms. The molecule has 1 nitrogen and oxygen atoms in total. The zero-order valence-electron chi connectivity index (χ0n) is 12.1. The Bertz CT molecular complexity index is 628. The maximum atomic E-state index is 14.1. The summed E-state index contributed by atoms with van der Waals surface area (Å²) in [4.78, 5) is 0. The second kappa shape index (κ2) is 7.14. The van der Waals surface area contributed by atoms with Gasteiger partial charge in [0.2, 0.25) is 0 Å². The highest BCUT2D eigenvalue weighted by molar-refractivity contribution is 9.10. The molecule has 0 radical (unpaired) electrons. The third-order valence-electron chi connectivity index (χ3n) is 3.41. The summed E-state index contributed by atoms with van der Waals surface area (Å²) in [6, 6.07) is 9.49. The van der Waals surface area contributed by atoms with E-state index in [2.05, 4.69) is 28.2 Å². The van der Waals surface area contributed by atoms with Gasteiger partial charge in [0, 0.05) is 21.6 Å². The average molecular weight is 354 g/mol. The molecule has 1 N–H and O–H groups in total. The van der Waals surface area contributed by atoms with E-state index in [1.807, 2.05) is 6.92 Å². The third kappa shape index (κ3) is 3.89. The van der Waals surface area contributed by atoms with Crippen molar-refractivity contribution in [2.75, 3.05) is 6.54 Å². The van der Waals surface area contributed by atoms with E-state index in [9.17, 15) is 8.78 Å². The lowest BCUT2D eigenvalue weighted by Crippen LogP contribution is -2.19. The predicted octanol–water partition coefficient (Wildman–Crippen LogP) is 5.45. The summed E-state index contributed by atoms with van der Waals surface area (Å²) < 4.78 is 28.8. The molecular formula is C17H18BrF2N. The van der Waals surface area contributed by atoms with E-state index in [1.54, 1.807) is 24.3 Å². The van der Waals surface area contributed by atoms with E-state index >= 15 is 0 Å². The molecule has 2 aromatic carbocycles. The van der Waals surface area contributed by atoms with Crippen LogP contribution < -0.4 is 5.32 Å². The first-order valence-corrected chi connectivity index (χ1v) is 7.80. The Morgan fingerprint density at radius 1 is 1.05 bits per heavy atom. The monoisotopic (exact) mass is 353 g/mol. The SMILES string of the molecule is CCCNC(C)c1ccc(F)c(-c2cc(Br)ccc2F)c1. The quantitative estimate of drug-likeness (QED) is 0.752. The van der Waals surface area contributed by atoms with Crippen molar-refractivity contribution < 1.29 is 8.78 Å². The Labute approximate surface area is 132 Å². The second-order valence-corrected chi connectivity index (χ2v) is 5.95. The summed E-state index contributed by atoms with van der Waals surface area (Å²) in [6.07, 6.45) is 1.03. The predicted molar refractivity (Wildman–Crippen MR) is 86.2 cm³/mol. The minimum atomic E-state index is -0.427. The highest BCUT2D eigenvalue weighted by Crippen LogP contribution is 2.30. The molecule has 0 aliphatic rings. The fourth-order valence-electron chi connectivity index (χ4n) is 2.20. The molecule has 1 unspecified atom stereocenters. The van der Waals surface area contributed by atoms with Crippen LogP contribution in [-0.2, 0) is 0 Å². The van der Waals surface area contributed by atoms with Crippen molar-refractivity contribution in [3.63, 3.8) is 0 Å². The van der Waals surface area contributed by atoms with Crippen LogP contribution in [0, 0.1) is 11.6 Å². The summed E-state index contributed by atoms with van der Waals surface area (Å²) in [5.41, 5.74) is 1.50. The molecule has 0 aromatic heterocycles. The van der Waals surface area contributed by atoms with Gasteiger partial charge in [0.15, 0.2) is 0 Å². The molecule has 112 valence electrons. The van der Waals surface area contributed by atoms with Crippen molar-refractivity contribution in [3.8, 4) is 11.1 Å². The first-order valence-electron chi connectivity index (χ1n) is 7.01. The van der Waals surface area contributed by atoms with Crippen LogP contribution in [0.25, 0.3) is 11.1 Å². The van der Waals surface area contributed by atoms with Gasteiger partial charge in [0.05, 0.1) is 0 Å². The zero-order chi connectivity index (χ0) is 15.4. The van der Waals surface area contributed by atoms with E-state index in [1.165, 1.54) is 12.1 Å². The Kier molecular flexibility index (Phi) is 5.48. The molecule has 0 amide bonds. The smallest absolute Gasteiger partial charge is 0.131 e. The first kappa shape index (κ1) is 16.1. The van der Waals surface area contributed by atoms with Crippen LogP contribution in [0.5, 0.6) is 0 Å². The van der Waals surface area contributed by atoms with Crippen molar-refractivity contribution in [1.82, 2.24) is 5.32 Å². The second-order valence-electron chi connectivity index (χ2n) is 5.04. The van der Waals surface area contributed by atoms with Crippen molar-refractivity contribution in [3.05, 3.63) is 58.1 Å². The molecule has 0 saturated heterocycles. The van der Waals surface area contributed by atoms with Gasteiger partial charge in [0.1, 0.15) is 11.6 Å². The molecule has 2 aromatic rings. The number of hydrogen-bond donors (Lipinski definition) is 1. The van der Waals surface area contributed by atoms with Crippen LogP contribution in [0.2, 0.25) is 0 Å². The van der Waals surface area contributed by atoms with Crippen LogP contribution in [0.1, 0.15) is 31.9 Å². The molecule has 0 aliphatic carbocycles. The highest BCUT2D eigenvalue weighted by atomic mass is 79.9. The van der Waals surface area contributed by atoms with Gasteiger partial charge in [-0.15, -0.1) is 0 Å².